The van der Waals surface area contributed by atoms with Gasteiger partial charge in [0.05, 0.1) is 11.4 Å². The molecule has 1 atom stereocenters. The highest BCUT2D eigenvalue weighted by molar-refractivity contribution is 9.11. The van der Waals surface area contributed by atoms with Crippen molar-refractivity contribution in [2.75, 3.05) is 24.7 Å². The molecule has 3 aromatic rings. The summed E-state index contributed by atoms with van der Waals surface area (Å²) in [7, 11) is 3.76. The maximum atomic E-state index is 11.3. The predicted octanol–water partition coefficient (Wildman–Crippen LogP) is 8.49. The zero-order valence-electron chi connectivity index (χ0n) is 17.3. The third kappa shape index (κ3) is 4.50. The summed E-state index contributed by atoms with van der Waals surface area (Å²) in [4.78, 5) is 0. The number of allylic oxidation sites excluding steroid dienone is 2. The first kappa shape index (κ1) is 23.8. The number of fused-ring (bicyclic) bond motifs is 1. The van der Waals surface area contributed by atoms with Gasteiger partial charge in [0.25, 0.3) is 0 Å². The monoisotopic (exact) mass is 680 g/mol. The molecule has 3 aromatic carbocycles. The molecule has 0 saturated heterocycles. The van der Waals surface area contributed by atoms with E-state index in [1.54, 1.807) is 0 Å². The SMILES string of the molecule is CNc1c(Br)cc(/C=C2\C=C([C@H](O)c3cc(Br)c(NC)c(Br)c3)c3ccccc32)cc1Br. The Balaban J connectivity index is 1.79. The minimum Gasteiger partial charge on any atom is -0.386 e. The van der Waals surface area contributed by atoms with Crippen molar-refractivity contribution in [3.63, 3.8) is 0 Å². The second-order valence-electron chi connectivity index (χ2n) is 7.37. The van der Waals surface area contributed by atoms with Gasteiger partial charge in [0.15, 0.2) is 0 Å². The van der Waals surface area contributed by atoms with Gasteiger partial charge in [-0.15, -0.1) is 0 Å². The summed E-state index contributed by atoms with van der Waals surface area (Å²) in [6.45, 7) is 0. The lowest BCUT2D eigenvalue weighted by Gasteiger charge is -2.17. The maximum Gasteiger partial charge on any atom is 0.105 e. The Labute approximate surface area is 221 Å². The van der Waals surface area contributed by atoms with Crippen LogP contribution < -0.4 is 10.6 Å². The number of halogens is 4. The van der Waals surface area contributed by atoms with Crippen LogP contribution in [0.4, 0.5) is 11.4 Å². The van der Waals surface area contributed by atoms with Gasteiger partial charge in [-0.2, -0.15) is 0 Å². The van der Waals surface area contributed by atoms with Gasteiger partial charge in [0, 0.05) is 32.0 Å². The highest BCUT2D eigenvalue weighted by Gasteiger charge is 2.25. The first-order valence-electron chi connectivity index (χ1n) is 9.88. The number of aliphatic hydroxyl groups is 1. The van der Waals surface area contributed by atoms with E-state index in [2.05, 4.69) is 111 Å². The van der Waals surface area contributed by atoms with E-state index in [9.17, 15) is 5.11 Å². The maximum absolute atomic E-state index is 11.3. The van der Waals surface area contributed by atoms with Gasteiger partial charge in [-0.25, -0.2) is 0 Å². The van der Waals surface area contributed by atoms with Gasteiger partial charge in [-0.3, -0.25) is 0 Å². The van der Waals surface area contributed by atoms with E-state index in [0.29, 0.717) is 0 Å². The van der Waals surface area contributed by atoms with Crippen LogP contribution in [0.3, 0.4) is 0 Å². The molecular formula is C25H20Br4N2O. The van der Waals surface area contributed by atoms with Gasteiger partial charge in [0.1, 0.15) is 6.10 Å². The van der Waals surface area contributed by atoms with E-state index < -0.39 is 6.10 Å². The van der Waals surface area contributed by atoms with Crippen LogP contribution in [-0.4, -0.2) is 19.2 Å². The minimum atomic E-state index is -0.759. The number of rotatable bonds is 5. The molecule has 3 N–H and O–H groups in total. The minimum absolute atomic E-state index is 0.759. The third-order valence-corrected chi connectivity index (χ3v) is 7.92. The summed E-state index contributed by atoms with van der Waals surface area (Å²) < 4.78 is 3.75. The van der Waals surface area contributed by atoms with Gasteiger partial charge in [-0.05, 0) is 134 Å². The Morgan fingerprint density at radius 2 is 1.28 bits per heavy atom. The van der Waals surface area contributed by atoms with Crippen LogP contribution in [0.1, 0.15) is 28.4 Å². The van der Waals surface area contributed by atoms with Crippen molar-refractivity contribution in [3.8, 4) is 0 Å². The average molecular weight is 684 g/mol. The number of benzene rings is 3. The number of anilines is 2. The summed E-state index contributed by atoms with van der Waals surface area (Å²) in [6.07, 6.45) is 3.46. The fourth-order valence-corrected chi connectivity index (χ4v) is 7.16. The normalized spacial score (nSPS) is 14.8. The lowest BCUT2D eigenvalue weighted by Crippen LogP contribution is -2.02. The van der Waals surface area contributed by atoms with Crippen molar-refractivity contribution in [1.29, 1.82) is 0 Å². The molecule has 0 aliphatic heterocycles. The molecule has 164 valence electrons. The fraction of sp³-hybridized carbons (Fsp3) is 0.120. The quantitative estimate of drug-likeness (QED) is 0.253. The molecular weight excluding hydrogens is 664 g/mol. The van der Waals surface area contributed by atoms with Crippen LogP contribution in [0.2, 0.25) is 0 Å². The Kier molecular flexibility index (Phi) is 7.32. The van der Waals surface area contributed by atoms with E-state index in [1.165, 1.54) is 0 Å². The fourth-order valence-electron chi connectivity index (χ4n) is 3.92. The number of hydrogen-bond donors (Lipinski definition) is 3. The van der Waals surface area contributed by atoms with Crippen LogP contribution in [-0.2, 0) is 0 Å². The highest BCUT2D eigenvalue weighted by atomic mass is 79.9. The smallest absolute Gasteiger partial charge is 0.105 e. The summed E-state index contributed by atoms with van der Waals surface area (Å²) in [6, 6.07) is 16.3. The lowest BCUT2D eigenvalue weighted by molar-refractivity contribution is 0.238. The van der Waals surface area contributed by atoms with E-state index in [0.717, 1.165) is 62.7 Å². The Morgan fingerprint density at radius 1 is 0.781 bits per heavy atom. The average Bonchev–Trinajstić information content (AvgIpc) is 3.11. The molecule has 0 saturated carbocycles. The van der Waals surface area contributed by atoms with Crippen LogP contribution in [0.5, 0.6) is 0 Å². The molecule has 0 heterocycles. The van der Waals surface area contributed by atoms with E-state index in [-0.39, 0.29) is 0 Å². The molecule has 4 rings (SSSR count). The second kappa shape index (κ2) is 9.85. The summed E-state index contributed by atoms with van der Waals surface area (Å²) in [5.74, 6) is 0. The number of aliphatic hydroxyl groups excluding tert-OH is 1. The van der Waals surface area contributed by atoms with Crippen molar-refractivity contribution in [3.05, 3.63) is 94.8 Å². The lowest BCUT2D eigenvalue weighted by atomic mass is 9.96. The van der Waals surface area contributed by atoms with Crippen LogP contribution in [0.25, 0.3) is 17.2 Å². The predicted molar refractivity (Wildman–Crippen MR) is 150 cm³/mol. The third-order valence-electron chi connectivity index (χ3n) is 5.42. The molecule has 0 fully saturated rings. The van der Waals surface area contributed by atoms with Crippen molar-refractivity contribution in [1.82, 2.24) is 0 Å². The summed E-state index contributed by atoms with van der Waals surface area (Å²) >= 11 is 14.5. The molecule has 0 spiro atoms. The van der Waals surface area contributed by atoms with Crippen LogP contribution in [0.15, 0.2) is 72.5 Å². The second-order valence-corrected chi connectivity index (χ2v) is 10.8. The van der Waals surface area contributed by atoms with Crippen molar-refractivity contribution < 1.29 is 5.11 Å². The molecule has 0 bridgehead atoms. The Bertz CT molecular complexity index is 1220. The topological polar surface area (TPSA) is 44.3 Å². The Hall–Kier alpha value is -1.38. The first-order chi connectivity index (χ1) is 15.3. The van der Waals surface area contributed by atoms with Gasteiger partial charge in [-0.1, -0.05) is 24.3 Å². The standard InChI is InChI=1S/C25H20Br4N2O/c1-30-23-19(26)8-13(9-20(23)27)7-14-10-18(17-6-4-3-5-16(14)17)25(32)15-11-21(28)24(31-2)22(29)12-15/h3-12,25,30-32H,1-2H3/b14-7+/t25-/m1/s1. The van der Waals surface area contributed by atoms with E-state index >= 15 is 0 Å². The van der Waals surface area contributed by atoms with Crippen molar-refractivity contribution in [2.45, 2.75) is 6.10 Å². The van der Waals surface area contributed by atoms with Crippen molar-refractivity contribution >= 4 is 92.3 Å². The van der Waals surface area contributed by atoms with Gasteiger partial charge in [0.2, 0.25) is 0 Å². The molecule has 0 aromatic heterocycles. The molecule has 0 radical (unpaired) electrons. The zero-order chi connectivity index (χ0) is 23.0. The number of hydrogen-bond acceptors (Lipinski definition) is 3. The molecule has 1 aliphatic carbocycles. The van der Waals surface area contributed by atoms with Crippen molar-refractivity contribution in [2.24, 2.45) is 0 Å². The molecule has 3 nitrogen and oxygen atoms in total. The highest BCUT2D eigenvalue weighted by Crippen LogP contribution is 2.45. The largest absolute Gasteiger partial charge is 0.386 e. The molecule has 0 unspecified atom stereocenters. The first-order valence-corrected chi connectivity index (χ1v) is 13.1. The molecule has 7 heteroatoms. The molecule has 0 amide bonds. The molecule has 1 aliphatic rings. The van der Waals surface area contributed by atoms with Gasteiger partial charge < -0.3 is 15.7 Å². The number of nitrogens with one attached hydrogen (secondary N) is 2. The summed E-state index contributed by atoms with van der Waals surface area (Å²) in [5, 5.41) is 17.7. The Morgan fingerprint density at radius 3 is 1.81 bits per heavy atom. The van der Waals surface area contributed by atoms with E-state index in [1.807, 2.05) is 38.4 Å². The van der Waals surface area contributed by atoms with E-state index in [4.69, 9.17) is 0 Å². The zero-order valence-corrected chi connectivity index (χ0v) is 23.7. The van der Waals surface area contributed by atoms with Gasteiger partial charge >= 0.3 is 0 Å². The summed E-state index contributed by atoms with van der Waals surface area (Å²) in [5.41, 5.74) is 7.92. The molecule has 32 heavy (non-hydrogen) atoms. The van der Waals surface area contributed by atoms with Crippen LogP contribution >= 0.6 is 63.7 Å². The van der Waals surface area contributed by atoms with Crippen LogP contribution in [0, 0.1) is 0 Å².